The Kier molecular flexibility index (Phi) is 2.61. The normalized spacial score (nSPS) is 10.2. The van der Waals surface area contributed by atoms with Gasteiger partial charge in [0.1, 0.15) is 0 Å². The summed E-state index contributed by atoms with van der Waals surface area (Å²) in [5, 5.41) is 0. The smallest absolute Gasteiger partial charge is 0.0512 e. The molecule has 0 aliphatic carbocycles. The van der Waals surface area contributed by atoms with Crippen LogP contribution in [0.25, 0.3) is 0 Å². The second kappa shape index (κ2) is 3.50. The summed E-state index contributed by atoms with van der Waals surface area (Å²) in [6.07, 6.45) is 3.88. The van der Waals surface area contributed by atoms with Crippen LogP contribution < -0.4 is 0 Å². The lowest BCUT2D eigenvalue weighted by atomic mass is 10.1. The third kappa shape index (κ3) is 1.66. The molecule has 0 saturated carbocycles. The third-order valence-corrected chi connectivity index (χ3v) is 1.95. The molecule has 0 bridgehead atoms. The van der Waals surface area contributed by atoms with Gasteiger partial charge < -0.3 is 0 Å². The van der Waals surface area contributed by atoms with Crippen molar-refractivity contribution in [1.29, 1.82) is 0 Å². The standard InChI is InChI=1S/C10H15/c1-3-4-7-10-8-5-6-9(10)2/h5-6,8H,3-4,7H2,1-2H3/q-1. The molecule has 0 aromatic heterocycles. The molecule has 0 radical (unpaired) electrons. The first-order valence-corrected chi connectivity index (χ1v) is 4.05. The van der Waals surface area contributed by atoms with Gasteiger partial charge in [-0.3, -0.25) is 0 Å². The van der Waals surface area contributed by atoms with E-state index in [-0.39, 0.29) is 0 Å². The monoisotopic (exact) mass is 135 g/mol. The van der Waals surface area contributed by atoms with Crippen LogP contribution in [0.15, 0.2) is 18.2 Å². The Morgan fingerprint density at radius 3 is 2.80 bits per heavy atom. The number of aryl methyl sites for hydroxylation is 2. The fraction of sp³-hybridized carbons (Fsp3) is 0.500. The topological polar surface area (TPSA) is 0 Å². The predicted octanol–water partition coefficient (Wildman–Crippen LogP) is 3.06. The minimum atomic E-state index is 1.26. The Hall–Kier alpha value is -0.650. The average Bonchev–Trinajstić information content (AvgIpc) is 2.31. The zero-order valence-electron chi connectivity index (χ0n) is 6.85. The molecule has 0 spiro atoms. The number of hydrogen-bond acceptors (Lipinski definition) is 0. The first-order chi connectivity index (χ1) is 4.84. The van der Waals surface area contributed by atoms with Gasteiger partial charge in [0.2, 0.25) is 0 Å². The van der Waals surface area contributed by atoms with Crippen LogP contribution in [0, 0.1) is 6.92 Å². The van der Waals surface area contributed by atoms with Crippen molar-refractivity contribution in [2.24, 2.45) is 0 Å². The van der Waals surface area contributed by atoms with Gasteiger partial charge in [-0.15, -0.1) is 0 Å². The molecule has 1 aromatic rings. The molecule has 0 N–H and O–H groups in total. The van der Waals surface area contributed by atoms with Crippen molar-refractivity contribution in [3.8, 4) is 0 Å². The summed E-state index contributed by atoms with van der Waals surface area (Å²) in [5.74, 6) is 0. The van der Waals surface area contributed by atoms with Crippen LogP contribution in [-0.2, 0) is 6.42 Å². The van der Waals surface area contributed by atoms with Gasteiger partial charge in [-0.05, 0) is 0 Å². The van der Waals surface area contributed by atoms with Gasteiger partial charge in [0.25, 0.3) is 0 Å². The minimum Gasteiger partial charge on any atom is -0.211 e. The highest BCUT2D eigenvalue weighted by Gasteiger charge is 1.87. The Balaban J connectivity index is 2.49. The van der Waals surface area contributed by atoms with E-state index in [0.717, 1.165) is 0 Å². The molecular weight excluding hydrogens is 120 g/mol. The summed E-state index contributed by atoms with van der Waals surface area (Å²) in [6.45, 7) is 4.42. The molecule has 0 unspecified atom stereocenters. The molecular formula is C10H15-. The Morgan fingerprint density at radius 2 is 2.30 bits per heavy atom. The molecule has 56 valence electrons. The molecule has 0 atom stereocenters. The molecule has 0 aliphatic rings. The van der Waals surface area contributed by atoms with E-state index in [1.54, 1.807) is 0 Å². The van der Waals surface area contributed by atoms with Crippen LogP contribution in [0.3, 0.4) is 0 Å². The van der Waals surface area contributed by atoms with Crippen molar-refractivity contribution in [3.63, 3.8) is 0 Å². The summed E-state index contributed by atoms with van der Waals surface area (Å²) in [6, 6.07) is 6.55. The van der Waals surface area contributed by atoms with E-state index in [1.165, 1.54) is 30.4 Å². The number of rotatable bonds is 3. The molecule has 1 aromatic carbocycles. The first-order valence-electron chi connectivity index (χ1n) is 4.05. The fourth-order valence-corrected chi connectivity index (χ4v) is 1.19. The molecule has 0 amide bonds. The summed E-state index contributed by atoms with van der Waals surface area (Å²) in [7, 11) is 0. The summed E-state index contributed by atoms with van der Waals surface area (Å²) >= 11 is 0. The van der Waals surface area contributed by atoms with Gasteiger partial charge in [0.15, 0.2) is 0 Å². The van der Waals surface area contributed by atoms with E-state index in [2.05, 4.69) is 32.0 Å². The second-order valence-corrected chi connectivity index (χ2v) is 2.84. The van der Waals surface area contributed by atoms with E-state index < -0.39 is 0 Å². The molecule has 1 rings (SSSR count). The van der Waals surface area contributed by atoms with E-state index in [1.807, 2.05) is 0 Å². The highest BCUT2D eigenvalue weighted by Crippen LogP contribution is 2.11. The van der Waals surface area contributed by atoms with Gasteiger partial charge >= 0.3 is 0 Å². The van der Waals surface area contributed by atoms with Gasteiger partial charge in [-0.25, -0.2) is 6.07 Å². The molecule has 10 heavy (non-hydrogen) atoms. The van der Waals surface area contributed by atoms with Crippen LogP contribution in [0.4, 0.5) is 0 Å². The number of unbranched alkanes of at least 4 members (excludes halogenated alkanes) is 1. The first kappa shape index (κ1) is 7.46. The lowest BCUT2D eigenvalue weighted by Gasteiger charge is -2.04. The van der Waals surface area contributed by atoms with Crippen LogP contribution >= 0.6 is 0 Å². The number of hydrogen-bond donors (Lipinski definition) is 0. The largest absolute Gasteiger partial charge is 0.211 e. The van der Waals surface area contributed by atoms with Gasteiger partial charge in [0, 0.05) is 0 Å². The molecule has 0 fully saturated rings. The average molecular weight is 135 g/mol. The van der Waals surface area contributed by atoms with E-state index in [0.29, 0.717) is 0 Å². The molecule has 0 nitrogen and oxygen atoms in total. The van der Waals surface area contributed by atoms with Gasteiger partial charge in [-0.1, -0.05) is 33.1 Å². The van der Waals surface area contributed by atoms with Crippen molar-refractivity contribution in [3.05, 3.63) is 29.3 Å². The van der Waals surface area contributed by atoms with Crippen LogP contribution in [0.2, 0.25) is 0 Å². The summed E-state index contributed by atoms with van der Waals surface area (Å²) in [4.78, 5) is 0. The van der Waals surface area contributed by atoms with Crippen molar-refractivity contribution >= 4 is 0 Å². The zero-order valence-corrected chi connectivity index (χ0v) is 6.85. The molecule has 0 saturated heterocycles. The highest BCUT2D eigenvalue weighted by molar-refractivity contribution is 5.27. The van der Waals surface area contributed by atoms with Crippen LogP contribution in [0.1, 0.15) is 30.9 Å². The maximum absolute atomic E-state index is 2.23. The van der Waals surface area contributed by atoms with Gasteiger partial charge in [0.05, 0.1) is 0 Å². The lowest BCUT2D eigenvalue weighted by Crippen LogP contribution is -1.82. The Bertz CT molecular complexity index is 184. The minimum absolute atomic E-state index is 1.26. The van der Waals surface area contributed by atoms with Crippen molar-refractivity contribution in [1.82, 2.24) is 0 Å². The molecule has 0 heteroatoms. The maximum atomic E-state index is 2.23. The van der Waals surface area contributed by atoms with Crippen molar-refractivity contribution in [2.75, 3.05) is 0 Å². The second-order valence-electron chi connectivity index (χ2n) is 2.84. The third-order valence-electron chi connectivity index (χ3n) is 1.95. The zero-order chi connectivity index (χ0) is 7.40. The van der Waals surface area contributed by atoms with Crippen LogP contribution in [0.5, 0.6) is 0 Å². The fourth-order valence-electron chi connectivity index (χ4n) is 1.19. The summed E-state index contributed by atoms with van der Waals surface area (Å²) < 4.78 is 0. The van der Waals surface area contributed by atoms with E-state index >= 15 is 0 Å². The highest BCUT2D eigenvalue weighted by atomic mass is 14.0. The van der Waals surface area contributed by atoms with E-state index in [9.17, 15) is 0 Å². The molecule has 0 heterocycles. The Labute approximate surface area is 63.2 Å². The van der Waals surface area contributed by atoms with E-state index in [4.69, 9.17) is 0 Å². The van der Waals surface area contributed by atoms with Gasteiger partial charge in [-0.2, -0.15) is 23.3 Å². The van der Waals surface area contributed by atoms with Crippen LogP contribution in [-0.4, -0.2) is 0 Å². The predicted molar refractivity (Wildman–Crippen MR) is 45.4 cm³/mol. The molecule has 0 aliphatic heterocycles. The lowest BCUT2D eigenvalue weighted by molar-refractivity contribution is 0.793. The quantitative estimate of drug-likeness (QED) is 0.559. The van der Waals surface area contributed by atoms with Crippen molar-refractivity contribution < 1.29 is 0 Å². The maximum Gasteiger partial charge on any atom is -0.0512 e. The Morgan fingerprint density at radius 1 is 1.50 bits per heavy atom. The van der Waals surface area contributed by atoms with Crippen molar-refractivity contribution in [2.45, 2.75) is 33.1 Å². The SMILES string of the molecule is CCCCc1[cH-]ccc1C. The summed E-state index contributed by atoms with van der Waals surface area (Å²) in [5.41, 5.74) is 2.98.